The molecule has 0 unspecified atom stereocenters. The number of carbonyl (C=O) groups is 2. The Kier molecular flexibility index (Phi) is 8.34. The van der Waals surface area contributed by atoms with Gasteiger partial charge in [0.25, 0.3) is 5.91 Å². The highest BCUT2D eigenvalue weighted by Gasteiger charge is 2.19. The first-order chi connectivity index (χ1) is 14.4. The van der Waals surface area contributed by atoms with Crippen molar-refractivity contribution in [2.45, 2.75) is 25.9 Å². The number of benzene rings is 2. The molecule has 0 aliphatic heterocycles. The first kappa shape index (κ1) is 22.9. The molecule has 8 nitrogen and oxygen atoms in total. The third-order valence-corrected chi connectivity index (χ3v) is 4.41. The lowest BCUT2D eigenvalue weighted by Crippen LogP contribution is -2.30. The molecule has 0 saturated heterocycles. The van der Waals surface area contributed by atoms with Crippen molar-refractivity contribution in [2.24, 2.45) is 0 Å². The molecule has 0 spiro atoms. The van der Waals surface area contributed by atoms with Gasteiger partial charge >= 0.3 is 5.97 Å². The van der Waals surface area contributed by atoms with Gasteiger partial charge in [-0.3, -0.25) is 9.59 Å². The maximum atomic E-state index is 12.4. The van der Waals surface area contributed by atoms with Gasteiger partial charge < -0.3 is 29.0 Å². The molecule has 2 aromatic rings. The second kappa shape index (κ2) is 10.9. The van der Waals surface area contributed by atoms with Gasteiger partial charge in [-0.05, 0) is 37.1 Å². The Morgan fingerprint density at radius 2 is 1.60 bits per heavy atom. The molecule has 162 valence electrons. The SMILES string of the molecule is COc1ccc(NC(=O)[C@@H](C)OC(=O)CCc2cccc(OC)c2OC)cc1OC. The molecule has 30 heavy (non-hydrogen) atoms. The number of aryl methyl sites for hydroxylation is 1. The minimum atomic E-state index is -0.960. The van der Waals surface area contributed by atoms with Gasteiger partial charge in [0, 0.05) is 18.2 Å². The van der Waals surface area contributed by atoms with Gasteiger partial charge in [-0.2, -0.15) is 0 Å². The van der Waals surface area contributed by atoms with Crippen LogP contribution in [0.1, 0.15) is 18.9 Å². The lowest BCUT2D eigenvalue weighted by atomic mass is 10.1. The average molecular weight is 417 g/mol. The highest BCUT2D eigenvalue weighted by molar-refractivity contribution is 5.95. The second-order valence-electron chi connectivity index (χ2n) is 6.34. The second-order valence-corrected chi connectivity index (χ2v) is 6.34. The number of amides is 1. The molecular formula is C22H27NO7. The number of hydrogen-bond donors (Lipinski definition) is 1. The third kappa shape index (κ3) is 5.79. The number of anilines is 1. The Labute approximate surface area is 176 Å². The Morgan fingerprint density at radius 3 is 2.23 bits per heavy atom. The Balaban J connectivity index is 1.92. The van der Waals surface area contributed by atoms with E-state index in [1.165, 1.54) is 21.1 Å². The van der Waals surface area contributed by atoms with Gasteiger partial charge in [0.05, 0.1) is 28.4 Å². The van der Waals surface area contributed by atoms with Crippen LogP contribution < -0.4 is 24.3 Å². The van der Waals surface area contributed by atoms with Crippen molar-refractivity contribution in [1.82, 2.24) is 0 Å². The van der Waals surface area contributed by atoms with Crippen LogP contribution in [-0.4, -0.2) is 46.4 Å². The molecular weight excluding hydrogens is 390 g/mol. The largest absolute Gasteiger partial charge is 0.493 e. The van der Waals surface area contributed by atoms with Gasteiger partial charge in [-0.1, -0.05) is 12.1 Å². The van der Waals surface area contributed by atoms with E-state index in [1.54, 1.807) is 38.5 Å². The van der Waals surface area contributed by atoms with Crippen molar-refractivity contribution >= 4 is 17.6 Å². The van der Waals surface area contributed by atoms with Gasteiger partial charge in [0.15, 0.2) is 29.1 Å². The van der Waals surface area contributed by atoms with E-state index in [0.29, 0.717) is 35.1 Å². The summed E-state index contributed by atoms with van der Waals surface area (Å²) >= 11 is 0. The molecule has 0 aromatic heterocycles. The van der Waals surface area contributed by atoms with E-state index in [1.807, 2.05) is 12.1 Å². The number of rotatable bonds is 10. The molecule has 0 fully saturated rings. The molecule has 2 aromatic carbocycles. The van der Waals surface area contributed by atoms with Gasteiger partial charge in [0.1, 0.15) is 0 Å². The van der Waals surface area contributed by atoms with Gasteiger partial charge in [0.2, 0.25) is 0 Å². The van der Waals surface area contributed by atoms with Crippen LogP contribution in [0.4, 0.5) is 5.69 Å². The number of nitrogens with one attached hydrogen (secondary N) is 1. The molecule has 1 N–H and O–H groups in total. The Bertz CT molecular complexity index is 882. The lowest BCUT2D eigenvalue weighted by molar-refractivity contribution is -0.153. The average Bonchev–Trinajstić information content (AvgIpc) is 2.76. The van der Waals surface area contributed by atoms with E-state index in [9.17, 15) is 9.59 Å². The Morgan fingerprint density at radius 1 is 0.900 bits per heavy atom. The normalized spacial score (nSPS) is 11.2. The fourth-order valence-electron chi connectivity index (χ4n) is 2.85. The molecule has 1 atom stereocenters. The van der Waals surface area contributed by atoms with Crippen LogP contribution in [0.3, 0.4) is 0 Å². The summed E-state index contributed by atoms with van der Waals surface area (Å²) in [6.07, 6.45) is -0.474. The van der Waals surface area contributed by atoms with E-state index in [-0.39, 0.29) is 6.42 Å². The summed E-state index contributed by atoms with van der Waals surface area (Å²) in [5.74, 6) is 1.25. The van der Waals surface area contributed by atoms with Crippen LogP contribution in [0.25, 0.3) is 0 Å². The van der Waals surface area contributed by atoms with Crippen molar-refractivity contribution in [3.63, 3.8) is 0 Å². The first-order valence-electron chi connectivity index (χ1n) is 9.35. The molecule has 0 aliphatic carbocycles. The summed E-state index contributed by atoms with van der Waals surface area (Å²) in [5, 5.41) is 2.69. The minimum absolute atomic E-state index is 0.0947. The van der Waals surface area contributed by atoms with Crippen LogP contribution in [0.5, 0.6) is 23.0 Å². The van der Waals surface area contributed by atoms with Crippen molar-refractivity contribution in [2.75, 3.05) is 33.8 Å². The molecule has 0 aliphatic rings. The number of ether oxygens (including phenoxy) is 5. The lowest BCUT2D eigenvalue weighted by Gasteiger charge is -2.15. The Hall–Kier alpha value is -3.42. The number of esters is 1. The zero-order chi connectivity index (χ0) is 22.1. The summed E-state index contributed by atoms with van der Waals surface area (Å²) in [7, 11) is 6.12. The van der Waals surface area contributed by atoms with Crippen molar-refractivity contribution in [1.29, 1.82) is 0 Å². The van der Waals surface area contributed by atoms with Crippen molar-refractivity contribution in [3.05, 3.63) is 42.0 Å². The molecule has 1 amide bonds. The van der Waals surface area contributed by atoms with Crippen LogP contribution in [-0.2, 0) is 20.7 Å². The third-order valence-electron chi connectivity index (χ3n) is 4.41. The maximum Gasteiger partial charge on any atom is 0.306 e. The smallest absolute Gasteiger partial charge is 0.306 e. The van der Waals surface area contributed by atoms with E-state index in [2.05, 4.69) is 5.32 Å². The summed E-state index contributed by atoms with van der Waals surface area (Å²) in [5.41, 5.74) is 1.32. The topological polar surface area (TPSA) is 92.3 Å². The highest BCUT2D eigenvalue weighted by atomic mass is 16.5. The van der Waals surface area contributed by atoms with Crippen LogP contribution in [0.15, 0.2) is 36.4 Å². The van der Waals surface area contributed by atoms with E-state index >= 15 is 0 Å². The van der Waals surface area contributed by atoms with Gasteiger partial charge in [-0.25, -0.2) is 0 Å². The predicted octanol–water partition coefficient (Wildman–Crippen LogP) is 3.22. The molecule has 0 radical (unpaired) electrons. The maximum absolute atomic E-state index is 12.4. The van der Waals surface area contributed by atoms with Crippen molar-refractivity contribution < 1.29 is 33.3 Å². The molecule has 2 rings (SSSR count). The fraction of sp³-hybridized carbons (Fsp3) is 0.364. The highest BCUT2D eigenvalue weighted by Crippen LogP contribution is 2.32. The monoisotopic (exact) mass is 417 g/mol. The van der Waals surface area contributed by atoms with E-state index in [4.69, 9.17) is 23.7 Å². The zero-order valence-corrected chi connectivity index (χ0v) is 17.8. The van der Waals surface area contributed by atoms with Crippen molar-refractivity contribution in [3.8, 4) is 23.0 Å². The molecule has 0 heterocycles. The summed E-state index contributed by atoms with van der Waals surface area (Å²) in [4.78, 5) is 24.6. The molecule has 0 bridgehead atoms. The zero-order valence-electron chi connectivity index (χ0n) is 17.8. The van der Waals surface area contributed by atoms with Gasteiger partial charge in [-0.15, -0.1) is 0 Å². The number of para-hydroxylation sites is 1. The standard InChI is InChI=1S/C22H27NO7/c1-14(22(25)23-16-10-11-17(26-2)19(13-16)28-4)30-20(24)12-9-15-7-6-8-18(27-3)21(15)29-5/h6-8,10-11,13-14H,9,12H2,1-5H3,(H,23,25)/t14-/m1/s1. The van der Waals surface area contributed by atoms with E-state index in [0.717, 1.165) is 5.56 Å². The van der Waals surface area contributed by atoms with Crippen LogP contribution in [0.2, 0.25) is 0 Å². The predicted molar refractivity (Wildman–Crippen MR) is 112 cm³/mol. The summed E-state index contributed by atoms with van der Waals surface area (Å²) in [6.45, 7) is 1.51. The number of carbonyl (C=O) groups excluding carboxylic acids is 2. The van der Waals surface area contributed by atoms with Crippen LogP contribution in [0, 0.1) is 0 Å². The number of methoxy groups -OCH3 is 4. The molecule has 8 heteroatoms. The molecule has 0 saturated carbocycles. The van der Waals surface area contributed by atoms with Crippen LogP contribution >= 0.6 is 0 Å². The summed E-state index contributed by atoms with van der Waals surface area (Å²) < 4.78 is 26.3. The number of hydrogen-bond acceptors (Lipinski definition) is 7. The first-order valence-corrected chi connectivity index (χ1v) is 9.35. The fourth-order valence-corrected chi connectivity index (χ4v) is 2.85. The van der Waals surface area contributed by atoms with E-state index < -0.39 is 18.0 Å². The quantitative estimate of drug-likeness (QED) is 0.594. The minimum Gasteiger partial charge on any atom is -0.493 e. The summed E-state index contributed by atoms with van der Waals surface area (Å²) in [6, 6.07) is 10.4.